The minimum absolute atomic E-state index is 0.0505. The second kappa shape index (κ2) is 13.9. The van der Waals surface area contributed by atoms with Crippen LogP contribution in [0.5, 0.6) is 23.0 Å². The first kappa shape index (κ1) is 35.1. The van der Waals surface area contributed by atoms with Crippen molar-refractivity contribution >= 4 is 11.9 Å². The van der Waals surface area contributed by atoms with Crippen molar-refractivity contribution in [3.05, 3.63) is 88.0 Å². The summed E-state index contributed by atoms with van der Waals surface area (Å²) in [5, 5.41) is 20.8. The van der Waals surface area contributed by atoms with Crippen LogP contribution in [0, 0.1) is 5.41 Å². The highest BCUT2D eigenvalue weighted by Gasteiger charge is 2.36. The number of aliphatic hydroxyl groups is 1. The van der Waals surface area contributed by atoms with Crippen LogP contribution in [0.2, 0.25) is 0 Å². The first-order chi connectivity index (χ1) is 21.5. The molecule has 1 unspecified atom stereocenters. The standard InChI is InChI=1S/C25H28O6.C15H24/c1-24(2)9-8-16-20(30-24)7-6-14(23(16)29-5)11-18(26)17-10-15-12-22(28)25(3,4)31-21(15)13-19(17)27;1-13-7-5-8-14(2)10-12-15(3,4)11-6-9-13/h6-10,13,22,27-28H,11-12H2,1-5H3;6-7,10-11H,5,8-9,12H2,1-4H3. The Hall–Kier alpha value is -3.77. The minimum Gasteiger partial charge on any atom is -0.507 e. The van der Waals surface area contributed by atoms with Crippen molar-refractivity contribution in [2.75, 3.05) is 7.11 Å². The number of allylic oxidation sites excluding steroid dienone is 6. The maximum atomic E-state index is 13.1. The smallest absolute Gasteiger partial charge is 0.171 e. The van der Waals surface area contributed by atoms with Gasteiger partial charge in [0.1, 0.15) is 34.2 Å². The van der Waals surface area contributed by atoms with Gasteiger partial charge in [0.2, 0.25) is 0 Å². The number of phenols is 1. The summed E-state index contributed by atoms with van der Waals surface area (Å²) in [6.07, 6.45) is 17.7. The summed E-state index contributed by atoms with van der Waals surface area (Å²) in [5.41, 5.74) is 4.56. The SMILES string of the molecule is CC1=CCCC(C)=CCC(C)(C)C=CC1.COc1c(CC(=O)c2cc3c(cc2O)OC(C)(C)C(O)C3)ccc2c1C=CC(C)(C)O2. The van der Waals surface area contributed by atoms with Gasteiger partial charge in [-0.05, 0) is 102 Å². The van der Waals surface area contributed by atoms with Gasteiger partial charge in [-0.25, -0.2) is 0 Å². The number of hydrogen-bond donors (Lipinski definition) is 2. The Morgan fingerprint density at radius 1 is 0.978 bits per heavy atom. The van der Waals surface area contributed by atoms with E-state index < -0.39 is 17.3 Å². The number of hydrogen-bond acceptors (Lipinski definition) is 6. The minimum atomic E-state index is -0.758. The van der Waals surface area contributed by atoms with Crippen LogP contribution in [0.4, 0.5) is 0 Å². The molecule has 1 atom stereocenters. The number of phenolic OH excluding ortho intramolecular Hbond substituents is 1. The Kier molecular flexibility index (Phi) is 10.6. The third-order valence-electron chi connectivity index (χ3n) is 8.90. The molecule has 2 aromatic carbocycles. The second-order valence-electron chi connectivity index (χ2n) is 14.6. The zero-order chi connectivity index (χ0) is 33.9. The monoisotopic (exact) mass is 628 g/mol. The molecule has 2 heterocycles. The molecule has 46 heavy (non-hydrogen) atoms. The van der Waals surface area contributed by atoms with Crippen molar-refractivity contribution in [1.82, 2.24) is 0 Å². The molecule has 2 aromatic rings. The molecule has 2 aliphatic heterocycles. The van der Waals surface area contributed by atoms with Crippen LogP contribution in [-0.4, -0.2) is 40.4 Å². The number of rotatable bonds is 4. The predicted octanol–water partition coefficient (Wildman–Crippen LogP) is 9.12. The molecule has 1 aliphatic carbocycles. The molecule has 248 valence electrons. The maximum Gasteiger partial charge on any atom is 0.171 e. The van der Waals surface area contributed by atoms with Crippen molar-refractivity contribution in [3.63, 3.8) is 0 Å². The average Bonchev–Trinajstić information content (AvgIpc) is 2.98. The number of carbonyl (C=O) groups excluding carboxylic acids is 1. The van der Waals surface area contributed by atoms with Crippen LogP contribution < -0.4 is 14.2 Å². The van der Waals surface area contributed by atoms with Crippen LogP contribution >= 0.6 is 0 Å². The molecule has 0 spiro atoms. The number of Topliss-reactive ketones (excluding diaryl/α,β-unsaturated/α-hetero) is 1. The Bertz CT molecular complexity index is 1570. The van der Waals surface area contributed by atoms with Crippen LogP contribution in [0.3, 0.4) is 0 Å². The lowest BCUT2D eigenvalue weighted by Crippen LogP contribution is -2.46. The van der Waals surface area contributed by atoms with E-state index in [9.17, 15) is 15.0 Å². The molecule has 0 saturated heterocycles. The fourth-order valence-corrected chi connectivity index (χ4v) is 5.82. The van der Waals surface area contributed by atoms with Gasteiger partial charge >= 0.3 is 0 Å². The second-order valence-corrected chi connectivity index (χ2v) is 14.6. The quantitative estimate of drug-likeness (QED) is 0.260. The summed E-state index contributed by atoms with van der Waals surface area (Å²) < 4.78 is 17.4. The fourth-order valence-electron chi connectivity index (χ4n) is 5.82. The normalized spacial score (nSPS) is 21.0. The Balaban J connectivity index is 0.000000270. The molecule has 0 saturated carbocycles. The van der Waals surface area contributed by atoms with Crippen molar-refractivity contribution < 1.29 is 29.2 Å². The molecule has 5 rings (SSSR count). The number of methoxy groups -OCH3 is 1. The summed E-state index contributed by atoms with van der Waals surface area (Å²) in [7, 11) is 1.56. The van der Waals surface area contributed by atoms with Crippen LogP contribution in [0.1, 0.15) is 108 Å². The number of ketones is 1. The number of aromatic hydroxyl groups is 1. The Morgan fingerprint density at radius 2 is 1.72 bits per heavy atom. The van der Waals surface area contributed by atoms with Crippen molar-refractivity contribution in [2.45, 2.75) is 111 Å². The van der Waals surface area contributed by atoms with E-state index in [1.807, 2.05) is 38.1 Å². The molecule has 2 N–H and O–H groups in total. The van der Waals surface area contributed by atoms with Gasteiger partial charge in [-0.15, -0.1) is 0 Å². The van der Waals surface area contributed by atoms with E-state index in [4.69, 9.17) is 14.2 Å². The van der Waals surface area contributed by atoms with E-state index in [2.05, 4.69) is 52.0 Å². The lowest BCUT2D eigenvalue weighted by molar-refractivity contribution is -0.0412. The fraction of sp³-hybridized carbons (Fsp3) is 0.475. The van der Waals surface area contributed by atoms with Gasteiger partial charge in [0.15, 0.2) is 5.78 Å². The van der Waals surface area contributed by atoms with E-state index in [1.54, 1.807) is 27.0 Å². The van der Waals surface area contributed by atoms with Gasteiger partial charge in [0, 0.05) is 24.5 Å². The highest BCUT2D eigenvalue weighted by Crippen LogP contribution is 2.41. The van der Waals surface area contributed by atoms with E-state index in [0.717, 1.165) is 18.4 Å². The van der Waals surface area contributed by atoms with E-state index in [0.29, 0.717) is 40.2 Å². The first-order valence-corrected chi connectivity index (χ1v) is 16.3. The topological polar surface area (TPSA) is 85.2 Å². The zero-order valence-corrected chi connectivity index (χ0v) is 29.1. The molecule has 6 nitrogen and oxygen atoms in total. The zero-order valence-electron chi connectivity index (χ0n) is 29.1. The largest absolute Gasteiger partial charge is 0.507 e. The predicted molar refractivity (Wildman–Crippen MR) is 186 cm³/mol. The summed E-state index contributed by atoms with van der Waals surface area (Å²) in [6.45, 7) is 16.6. The summed E-state index contributed by atoms with van der Waals surface area (Å²) >= 11 is 0. The van der Waals surface area contributed by atoms with Gasteiger partial charge < -0.3 is 24.4 Å². The van der Waals surface area contributed by atoms with Gasteiger partial charge in [0.25, 0.3) is 0 Å². The molecule has 0 amide bonds. The number of aliphatic hydroxyl groups excluding tert-OH is 1. The first-order valence-electron chi connectivity index (χ1n) is 16.3. The third-order valence-corrected chi connectivity index (χ3v) is 8.90. The van der Waals surface area contributed by atoms with Gasteiger partial charge in [-0.3, -0.25) is 4.79 Å². The number of ether oxygens (including phenoxy) is 3. The molecule has 3 aliphatic rings. The summed E-state index contributed by atoms with van der Waals surface area (Å²) in [6, 6.07) is 6.72. The number of fused-ring (bicyclic) bond motifs is 2. The van der Waals surface area contributed by atoms with Crippen molar-refractivity contribution in [1.29, 1.82) is 0 Å². The van der Waals surface area contributed by atoms with Gasteiger partial charge in [-0.2, -0.15) is 0 Å². The number of benzene rings is 2. The lowest BCUT2D eigenvalue weighted by Gasteiger charge is -2.37. The number of carbonyl (C=O) groups is 1. The summed E-state index contributed by atoms with van der Waals surface area (Å²) in [4.78, 5) is 13.1. The van der Waals surface area contributed by atoms with Gasteiger partial charge in [-0.1, -0.05) is 55.4 Å². The van der Waals surface area contributed by atoms with Crippen LogP contribution in [0.15, 0.2) is 65.8 Å². The Labute approximate surface area is 275 Å². The highest BCUT2D eigenvalue weighted by molar-refractivity contribution is 6.00. The molecule has 0 fully saturated rings. The van der Waals surface area contributed by atoms with E-state index >= 15 is 0 Å². The van der Waals surface area contributed by atoms with Crippen LogP contribution in [-0.2, 0) is 12.8 Å². The van der Waals surface area contributed by atoms with Crippen molar-refractivity contribution in [2.24, 2.45) is 5.41 Å². The maximum absolute atomic E-state index is 13.1. The third kappa shape index (κ3) is 8.73. The molecular formula is C40H52O6. The molecule has 0 radical (unpaired) electrons. The van der Waals surface area contributed by atoms with Crippen molar-refractivity contribution in [3.8, 4) is 23.0 Å². The molecule has 6 heteroatoms. The average molecular weight is 629 g/mol. The van der Waals surface area contributed by atoms with Crippen LogP contribution in [0.25, 0.3) is 6.08 Å². The molecule has 0 aromatic heterocycles. The summed E-state index contributed by atoms with van der Waals surface area (Å²) in [5.74, 6) is 1.37. The van der Waals surface area contributed by atoms with E-state index in [1.165, 1.54) is 30.1 Å². The lowest BCUT2D eigenvalue weighted by atomic mass is 9.87. The Morgan fingerprint density at radius 3 is 2.43 bits per heavy atom. The highest BCUT2D eigenvalue weighted by atomic mass is 16.5. The molecular weight excluding hydrogens is 576 g/mol. The van der Waals surface area contributed by atoms with Gasteiger partial charge in [0.05, 0.1) is 24.3 Å². The van der Waals surface area contributed by atoms with E-state index in [-0.39, 0.29) is 23.5 Å². The molecule has 0 bridgehead atoms.